The third-order valence-corrected chi connectivity index (χ3v) is 8.86. The molecule has 9 atom stereocenters. The van der Waals surface area contributed by atoms with Crippen LogP contribution in [0.1, 0.15) is 65.2 Å². The smallest absolute Gasteiger partial charge is 0.123 e. The second kappa shape index (κ2) is 5.29. The molecule has 0 saturated heterocycles. The van der Waals surface area contributed by atoms with E-state index in [4.69, 9.17) is 0 Å². The molecule has 4 unspecified atom stereocenters. The lowest BCUT2D eigenvalue weighted by Gasteiger charge is -2.61. The number of carbonyl (C=O) groups is 1. The molecule has 0 spiro atoms. The third kappa shape index (κ3) is 2.12. The summed E-state index contributed by atoms with van der Waals surface area (Å²) in [6.07, 6.45) is 8.96. The first-order chi connectivity index (χ1) is 10.9. The third-order valence-electron chi connectivity index (χ3n) is 8.86. The molecule has 0 aromatic rings. The van der Waals surface area contributed by atoms with E-state index < -0.39 is 0 Å². The number of carbonyl (C=O) groups excluding carboxylic acids is 1. The summed E-state index contributed by atoms with van der Waals surface area (Å²) in [6.45, 7) is 4.68. The van der Waals surface area contributed by atoms with Crippen LogP contribution in [-0.2, 0) is 4.79 Å². The molecule has 0 aromatic carbocycles. The minimum atomic E-state index is -0.260. The van der Waals surface area contributed by atoms with Gasteiger partial charge in [0.25, 0.3) is 0 Å². The number of hydrogen-bond donors (Lipinski definition) is 2. The second-order valence-electron chi connectivity index (χ2n) is 9.60. The topological polar surface area (TPSA) is 57.5 Å². The monoisotopic (exact) mass is 320 g/mol. The van der Waals surface area contributed by atoms with Crippen molar-refractivity contribution in [1.82, 2.24) is 0 Å². The zero-order valence-electron chi connectivity index (χ0n) is 14.6. The van der Waals surface area contributed by atoms with Crippen molar-refractivity contribution in [3.63, 3.8) is 0 Å². The van der Waals surface area contributed by atoms with Crippen molar-refractivity contribution in [2.45, 2.75) is 77.4 Å². The van der Waals surface area contributed by atoms with E-state index in [-0.39, 0.29) is 29.0 Å². The van der Waals surface area contributed by atoms with Gasteiger partial charge in [0.05, 0.1) is 12.2 Å². The maximum atomic E-state index is 11.2. The van der Waals surface area contributed by atoms with Gasteiger partial charge in [-0.15, -0.1) is 0 Å². The minimum Gasteiger partial charge on any atom is -0.393 e. The first-order valence-electron chi connectivity index (χ1n) is 9.71. The quantitative estimate of drug-likeness (QED) is 0.730. The molecular formula is C20H32O3. The highest BCUT2D eigenvalue weighted by Gasteiger charge is 2.61. The molecule has 0 heterocycles. The highest BCUT2D eigenvalue weighted by molar-refractivity contribution is 5.53. The van der Waals surface area contributed by atoms with Gasteiger partial charge in [0.1, 0.15) is 6.29 Å². The molecule has 4 aliphatic rings. The van der Waals surface area contributed by atoms with Crippen LogP contribution in [0.3, 0.4) is 0 Å². The number of aliphatic hydroxyl groups is 2. The van der Waals surface area contributed by atoms with E-state index in [1.165, 1.54) is 6.42 Å². The molecule has 4 fully saturated rings. The molecule has 0 aliphatic heterocycles. The summed E-state index contributed by atoms with van der Waals surface area (Å²) in [5.41, 5.74) is 0.265. The molecule has 0 radical (unpaired) electrons. The van der Waals surface area contributed by atoms with Gasteiger partial charge in [0, 0.05) is 5.92 Å². The lowest BCUT2D eigenvalue weighted by atomic mass is 9.44. The van der Waals surface area contributed by atoms with Crippen molar-refractivity contribution in [1.29, 1.82) is 0 Å². The standard InChI is InChI=1S/C20H32O3/c1-19-7-5-12(11-21)9-16(19)17(22)10-13-14-3-4-18(23)20(14,2)8-6-15(13)19/h11-18,22-23H,3-10H2,1-2H3/t12?,13?,14?,15?,16-,17+,18+,19-,20+/m1/s1. The first kappa shape index (κ1) is 16.1. The van der Waals surface area contributed by atoms with E-state index in [0.717, 1.165) is 51.2 Å². The van der Waals surface area contributed by atoms with E-state index in [1.54, 1.807) is 0 Å². The van der Waals surface area contributed by atoms with Gasteiger partial charge >= 0.3 is 0 Å². The molecule has 0 aromatic heterocycles. The Morgan fingerprint density at radius 3 is 2.30 bits per heavy atom. The summed E-state index contributed by atoms with van der Waals surface area (Å²) in [7, 11) is 0. The van der Waals surface area contributed by atoms with E-state index in [2.05, 4.69) is 13.8 Å². The van der Waals surface area contributed by atoms with E-state index >= 15 is 0 Å². The van der Waals surface area contributed by atoms with Crippen molar-refractivity contribution in [3.05, 3.63) is 0 Å². The zero-order chi connectivity index (χ0) is 16.4. The van der Waals surface area contributed by atoms with Crippen LogP contribution in [0.15, 0.2) is 0 Å². The highest BCUT2D eigenvalue weighted by Crippen LogP contribution is 2.66. The molecule has 0 bridgehead atoms. The van der Waals surface area contributed by atoms with Crippen LogP contribution in [0.5, 0.6) is 0 Å². The van der Waals surface area contributed by atoms with Gasteiger partial charge in [-0.2, -0.15) is 0 Å². The van der Waals surface area contributed by atoms with Gasteiger partial charge in [-0.1, -0.05) is 13.8 Å². The molecule has 4 rings (SSSR count). The molecule has 3 nitrogen and oxygen atoms in total. The Hall–Kier alpha value is -0.410. The van der Waals surface area contributed by atoms with Gasteiger partial charge in [0.2, 0.25) is 0 Å². The minimum absolute atomic E-state index is 0.0735. The van der Waals surface area contributed by atoms with Crippen LogP contribution in [0.2, 0.25) is 0 Å². The Morgan fingerprint density at radius 2 is 1.57 bits per heavy atom. The summed E-state index contributed by atoms with van der Waals surface area (Å²) >= 11 is 0. The summed E-state index contributed by atoms with van der Waals surface area (Å²) in [6, 6.07) is 0. The Labute approximate surface area is 139 Å². The zero-order valence-corrected chi connectivity index (χ0v) is 14.6. The van der Waals surface area contributed by atoms with Gasteiger partial charge in [-0.3, -0.25) is 0 Å². The maximum Gasteiger partial charge on any atom is 0.123 e. The average molecular weight is 320 g/mol. The summed E-state index contributed by atoms with van der Waals surface area (Å²) in [5, 5.41) is 21.4. The van der Waals surface area contributed by atoms with Crippen LogP contribution in [-0.4, -0.2) is 28.7 Å². The van der Waals surface area contributed by atoms with E-state index in [1.807, 2.05) is 0 Å². The van der Waals surface area contributed by atoms with Crippen molar-refractivity contribution in [2.75, 3.05) is 0 Å². The predicted molar refractivity (Wildman–Crippen MR) is 88.7 cm³/mol. The molecule has 130 valence electrons. The molecule has 2 N–H and O–H groups in total. The van der Waals surface area contributed by atoms with Gasteiger partial charge in [-0.05, 0) is 85.9 Å². The largest absolute Gasteiger partial charge is 0.393 e. The fourth-order valence-electron chi connectivity index (χ4n) is 7.43. The first-order valence-corrected chi connectivity index (χ1v) is 9.71. The average Bonchev–Trinajstić information content (AvgIpc) is 2.83. The summed E-state index contributed by atoms with van der Waals surface area (Å²) in [4.78, 5) is 11.2. The molecule has 23 heavy (non-hydrogen) atoms. The predicted octanol–water partition coefficient (Wildman–Crippen LogP) is 3.18. The van der Waals surface area contributed by atoms with Crippen LogP contribution in [0.4, 0.5) is 0 Å². The second-order valence-corrected chi connectivity index (χ2v) is 9.60. The number of fused-ring (bicyclic) bond motifs is 5. The molecule has 3 heteroatoms. The Bertz CT molecular complexity index is 491. The fraction of sp³-hybridized carbons (Fsp3) is 0.950. The van der Waals surface area contributed by atoms with Crippen LogP contribution < -0.4 is 0 Å². The van der Waals surface area contributed by atoms with Crippen molar-refractivity contribution in [2.24, 2.45) is 40.4 Å². The van der Waals surface area contributed by atoms with Gasteiger partial charge in [-0.25, -0.2) is 0 Å². The van der Waals surface area contributed by atoms with E-state index in [9.17, 15) is 15.0 Å². The molecule has 0 amide bonds. The highest BCUT2D eigenvalue weighted by atomic mass is 16.3. The van der Waals surface area contributed by atoms with Crippen molar-refractivity contribution >= 4 is 6.29 Å². The Kier molecular flexibility index (Phi) is 3.70. The SMILES string of the molecule is C[C@]12CCC3C(C[C@H](O)[C@H]4CC(C=O)CC[C@]34C)C1CC[C@@H]2O. The Balaban J connectivity index is 1.65. The van der Waals surface area contributed by atoms with Gasteiger partial charge < -0.3 is 15.0 Å². The Morgan fingerprint density at radius 1 is 0.870 bits per heavy atom. The number of hydrogen-bond acceptors (Lipinski definition) is 3. The van der Waals surface area contributed by atoms with Crippen LogP contribution in [0, 0.1) is 40.4 Å². The normalized spacial score (nSPS) is 58.9. The summed E-state index contributed by atoms with van der Waals surface area (Å²) in [5.74, 6) is 2.26. The lowest BCUT2D eigenvalue weighted by Crippen LogP contribution is -2.58. The number of aliphatic hydroxyl groups excluding tert-OH is 2. The van der Waals surface area contributed by atoms with Gasteiger partial charge in [0.15, 0.2) is 0 Å². The van der Waals surface area contributed by atoms with Crippen molar-refractivity contribution < 1.29 is 15.0 Å². The lowest BCUT2D eigenvalue weighted by molar-refractivity contribution is -0.168. The van der Waals surface area contributed by atoms with Crippen LogP contribution in [0.25, 0.3) is 0 Å². The fourth-order valence-corrected chi connectivity index (χ4v) is 7.43. The number of aldehydes is 1. The van der Waals surface area contributed by atoms with Crippen molar-refractivity contribution in [3.8, 4) is 0 Å². The molecule has 4 aliphatic carbocycles. The molecular weight excluding hydrogens is 288 g/mol. The number of rotatable bonds is 1. The van der Waals surface area contributed by atoms with Crippen LogP contribution >= 0.6 is 0 Å². The maximum absolute atomic E-state index is 11.2. The molecule has 4 saturated carbocycles. The van der Waals surface area contributed by atoms with E-state index in [0.29, 0.717) is 23.7 Å². The summed E-state index contributed by atoms with van der Waals surface area (Å²) < 4.78 is 0.